The number of pyridine rings is 1. The van der Waals surface area contributed by atoms with Gasteiger partial charge in [0.25, 0.3) is 5.91 Å². The molecule has 1 amide bonds. The maximum atomic E-state index is 13.4. The maximum Gasteiger partial charge on any atom is 0.254 e. The van der Waals surface area contributed by atoms with Crippen molar-refractivity contribution in [2.45, 2.75) is 58.0 Å². The van der Waals surface area contributed by atoms with Crippen molar-refractivity contribution in [1.29, 1.82) is 0 Å². The van der Waals surface area contributed by atoms with Crippen molar-refractivity contribution in [3.8, 4) is 5.75 Å². The minimum Gasteiger partial charge on any atom is -0.497 e. The molecule has 1 N–H and O–H groups in total. The molecule has 0 aliphatic heterocycles. The fraction of sp³-hybridized carbons (Fsp3) is 0.417. The molecule has 1 fully saturated rings. The molecule has 1 atom stereocenters. The molecule has 1 aliphatic carbocycles. The van der Waals surface area contributed by atoms with E-state index in [1.165, 1.54) is 32.1 Å². The Kier molecular flexibility index (Phi) is 5.56. The van der Waals surface area contributed by atoms with Crippen LogP contribution in [0.15, 0.2) is 42.7 Å². The van der Waals surface area contributed by atoms with Crippen LogP contribution in [0.2, 0.25) is 0 Å². The summed E-state index contributed by atoms with van der Waals surface area (Å²) in [5, 5.41) is 4.14. The summed E-state index contributed by atoms with van der Waals surface area (Å²) < 4.78 is 7.84. The number of ether oxygens (including phenoxy) is 1. The Morgan fingerprint density at radius 1 is 1.17 bits per heavy atom. The molecular weight excluding hydrogens is 362 g/mol. The van der Waals surface area contributed by atoms with Crippen LogP contribution in [0.5, 0.6) is 5.75 Å². The van der Waals surface area contributed by atoms with E-state index in [-0.39, 0.29) is 11.9 Å². The lowest BCUT2D eigenvalue weighted by Crippen LogP contribution is -2.27. The topological polar surface area (TPSA) is 56.1 Å². The summed E-state index contributed by atoms with van der Waals surface area (Å²) in [6.45, 7) is 4.08. The first-order chi connectivity index (χ1) is 14.1. The highest BCUT2D eigenvalue weighted by molar-refractivity contribution is 6.09. The molecule has 2 heterocycles. The highest BCUT2D eigenvalue weighted by Gasteiger charge is 2.26. The molecule has 1 aromatic carbocycles. The van der Waals surface area contributed by atoms with Crippen LogP contribution < -0.4 is 10.1 Å². The molecule has 2 aromatic heterocycles. The molecule has 0 bridgehead atoms. The summed E-state index contributed by atoms with van der Waals surface area (Å²) >= 11 is 0. The minimum atomic E-state index is -0.0939. The van der Waals surface area contributed by atoms with Gasteiger partial charge in [-0.25, -0.2) is 0 Å². The van der Waals surface area contributed by atoms with Gasteiger partial charge in [-0.2, -0.15) is 0 Å². The van der Waals surface area contributed by atoms with Crippen LogP contribution in [0.25, 0.3) is 10.9 Å². The number of carbonyl (C=O) groups is 1. The molecular formula is C24H29N3O2. The van der Waals surface area contributed by atoms with Gasteiger partial charge in [-0.3, -0.25) is 9.78 Å². The Morgan fingerprint density at radius 3 is 2.59 bits per heavy atom. The van der Waals surface area contributed by atoms with Gasteiger partial charge in [-0.05, 0) is 62.6 Å². The number of nitrogens with zero attached hydrogens (tertiary/aromatic N) is 2. The van der Waals surface area contributed by atoms with Crippen LogP contribution in [-0.2, 0) is 0 Å². The zero-order chi connectivity index (χ0) is 20.4. The third-order valence-corrected chi connectivity index (χ3v) is 6.18. The predicted octanol–water partition coefficient (Wildman–Crippen LogP) is 5.35. The average Bonchev–Trinajstić information content (AvgIpc) is 3.05. The summed E-state index contributed by atoms with van der Waals surface area (Å²) in [7, 11) is 1.66. The second-order valence-corrected chi connectivity index (χ2v) is 7.98. The van der Waals surface area contributed by atoms with Gasteiger partial charge in [-0.15, -0.1) is 0 Å². The molecule has 152 valence electrons. The number of hydrogen-bond acceptors (Lipinski definition) is 3. The number of nitrogens with one attached hydrogen (secondary N) is 1. The van der Waals surface area contributed by atoms with E-state index in [1.54, 1.807) is 19.5 Å². The Balaban J connectivity index is 1.76. The van der Waals surface area contributed by atoms with E-state index in [2.05, 4.69) is 27.9 Å². The summed E-state index contributed by atoms with van der Waals surface area (Å²) in [6.07, 6.45) is 9.66. The summed E-state index contributed by atoms with van der Waals surface area (Å²) in [5.74, 6) is 0.731. The highest BCUT2D eigenvalue weighted by Crippen LogP contribution is 2.37. The summed E-state index contributed by atoms with van der Waals surface area (Å²) in [5.41, 5.74) is 3.96. The minimum absolute atomic E-state index is 0.0420. The molecule has 0 saturated heterocycles. The summed E-state index contributed by atoms with van der Waals surface area (Å²) in [6, 6.07) is 10.3. The molecule has 0 spiro atoms. The van der Waals surface area contributed by atoms with E-state index in [0.717, 1.165) is 33.5 Å². The van der Waals surface area contributed by atoms with Gasteiger partial charge in [0, 0.05) is 35.0 Å². The van der Waals surface area contributed by atoms with Gasteiger partial charge in [0.05, 0.1) is 18.7 Å². The molecule has 0 radical (unpaired) electrons. The van der Waals surface area contributed by atoms with Crippen molar-refractivity contribution in [2.75, 3.05) is 7.11 Å². The maximum absolute atomic E-state index is 13.4. The van der Waals surface area contributed by atoms with Gasteiger partial charge in [0.15, 0.2) is 0 Å². The second kappa shape index (κ2) is 8.27. The first-order valence-corrected chi connectivity index (χ1v) is 10.5. The van der Waals surface area contributed by atoms with Crippen molar-refractivity contribution in [1.82, 2.24) is 14.9 Å². The summed E-state index contributed by atoms with van der Waals surface area (Å²) in [4.78, 5) is 17.4. The van der Waals surface area contributed by atoms with Crippen LogP contribution in [-0.4, -0.2) is 22.6 Å². The fourth-order valence-electron chi connectivity index (χ4n) is 4.65. The molecule has 4 rings (SSSR count). The van der Waals surface area contributed by atoms with Crippen LogP contribution in [0.4, 0.5) is 0 Å². The van der Waals surface area contributed by atoms with Crippen molar-refractivity contribution in [3.05, 3.63) is 59.5 Å². The van der Waals surface area contributed by atoms with E-state index in [4.69, 9.17) is 4.74 Å². The smallest absolute Gasteiger partial charge is 0.254 e. The van der Waals surface area contributed by atoms with E-state index < -0.39 is 0 Å². The van der Waals surface area contributed by atoms with E-state index in [9.17, 15) is 4.79 Å². The number of hydrogen-bond donors (Lipinski definition) is 1. The largest absolute Gasteiger partial charge is 0.497 e. The molecule has 1 saturated carbocycles. The fourth-order valence-corrected chi connectivity index (χ4v) is 4.65. The van der Waals surface area contributed by atoms with Gasteiger partial charge in [0.1, 0.15) is 5.75 Å². The quantitative estimate of drug-likeness (QED) is 0.638. The van der Waals surface area contributed by atoms with E-state index in [0.29, 0.717) is 6.04 Å². The Labute approximate surface area is 172 Å². The Bertz CT molecular complexity index is 1000. The van der Waals surface area contributed by atoms with Gasteiger partial charge in [0.2, 0.25) is 0 Å². The van der Waals surface area contributed by atoms with Crippen LogP contribution >= 0.6 is 0 Å². The number of fused-ring (bicyclic) bond motifs is 1. The van der Waals surface area contributed by atoms with Crippen molar-refractivity contribution >= 4 is 16.8 Å². The van der Waals surface area contributed by atoms with Crippen molar-refractivity contribution in [3.63, 3.8) is 0 Å². The van der Waals surface area contributed by atoms with Gasteiger partial charge < -0.3 is 14.6 Å². The van der Waals surface area contributed by atoms with E-state index >= 15 is 0 Å². The lowest BCUT2D eigenvalue weighted by atomic mass is 9.95. The Hall–Kier alpha value is -2.82. The molecule has 5 nitrogen and oxygen atoms in total. The normalized spacial score (nSPS) is 16.0. The first kappa shape index (κ1) is 19.5. The van der Waals surface area contributed by atoms with Gasteiger partial charge in [-0.1, -0.05) is 19.3 Å². The Morgan fingerprint density at radius 2 is 1.90 bits per heavy atom. The lowest BCUT2D eigenvalue weighted by Gasteiger charge is -2.26. The first-order valence-electron chi connectivity index (χ1n) is 10.5. The van der Waals surface area contributed by atoms with Gasteiger partial charge >= 0.3 is 0 Å². The SMILES string of the molecule is COc1ccc2c(c1)c(C(=O)NC(C)c1ccncc1)c(C)n2C1CCCCC1. The lowest BCUT2D eigenvalue weighted by molar-refractivity contribution is 0.0940. The zero-order valence-corrected chi connectivity index (χ0v) is 17.4. The van der Waals surface area contributed by atoms with Crippen LogP contribution in [0, 0.1) is 6.92 Å². The van der Waals surface area contributed by atoms with Crippen molar-refractivity contribution in [2.24, 2.45) is 0 Å². The second-order valence-electron chi connectivity index (χ2n) is 7.98. The third kappa shape index (κ3) is 3.74. The van der Waals surface area contributed by atoms with Crippen LogP contribution in [0.1, 0.15) is 72.7 Å². The molecule has 1 unspecified atom stereocenters. The van der Waals surface area contributed by atoms with Crippen molar-refractivity contribution < 1.29 is 9.53 Å². The number of carbonyl (C=O) groups excluding carboxylic acids is 1. The number of aromatic nitrogens is 2. The predicted molar refractivity (Wildman–Crippen MR) is 115 cm³/mol. The van der Waals surface area contributed by atoms with E-state index in [1.807, 2.05) is 31.2 Å². The monoisotopic (exact) mass is 391 g/mol. The highest BCUT2D eigenvalue weighted by atomic mass is 16.5. The standard InChI is InChI=1S/C24H29N3O2/c1-16(18-11-13-25-14-12-18)26-24(28)23-17(2)27(19-7-5-4-6-8-19)22-10-9-20(29-3)15-21(22)23/h9-16,19H,4-8H2,1-3H3,(H,26,28). The average molecular weight is 392 g/mol. The number of benzene rings is 1. The number of amides is 1. The number of rotatable bonds is 5. The third-order valence-electron chi connectivity index (χ3n) is 6.18. The molecule has 1 aliphatic rings. The number of methoxy groups -OCH3 is 1. The molecule has 5 heteroatoms. The molecule has 29 heavy (non-hydrogen) atoms. The zero-order valence-electron chi connectivity index (χ0n) is 17.4. The van der Waals surface area contributed by atoms with Crippen LogP contribution in [0.3, 0.4) is 0 Å². The molecule has 3 aromatic rings.